The third-order valence-electron chi connectivity index (χ3n) is 4.57. The van der Waals surface area contributed by atoms with E-state index in [9.17, 15) is 8.42 Å². The molecule has 0 bridgehead atoms. The Labute approximate surface area is 211 Å². The zero-order valence-corrected chi connectivity index (χ0v) is 21.1. The molecule has 1 heterocycles. The van der Waals surface area contributed by atoms with Crippen molar-refractivity contribution in [2.45, 2.75) is 24.5 Å². The van der Waals surface area contributed by atoms with Gasteiger partial charge in [0.15, 0.2) is 11.5 Å². The lowest BCUT2D eigenvalue weighted by Crippen LogP contribution is -2.17. The third-order valence-corrected chi connectivity index (χ3v) is 5.78. The van der Waals surface area contributed by atoms with E-state index in [1.807, 2.05) is 24.3 Å². The van der Waals surface area contributed by atoms with Crippen molar-refractivity contribution in [3.8, 4) is 11.5 Å². The summed E-state index contributed by atoms with van der Waals surface area (Å²) >= 11 is 6.43. The Morgan fingerprint density at radius 1 is 1.06 bits per heavy atom. The summed E-state index contributed by atoms with van der Waals surface area (Å²) in [5.74, 6) is 1.05. The first kappa shape index (κ1) is 29.0. The number of nitrogens with zero attached hydrogens (tertiary/aromatic N) is 1. The Morgan fingerprint density at radius 3 is 2.39 bits per heavy atom. The lowest BCUT2D eigenvalue weighted by atomic mass is 10.1. The molecule has 11 heteroatoms. The number of sulfonamides is 1. The zero-order chi connectivity index (χ0) is 22.3. The van der Waals surface area contributed by atoms with Gasteiger partial charge in [-0.05, 0) is 54.4 Å². The number of rotatable bonds is 10. The lowest BCUT2D eigenvalue weighted by Gasteiger charge is -2.14. The number of pyridine rings is 1. The molecule has 1 aromatic heterocycles. The van der Waals surface area contributed by atoms with Crippen LogP contribution in [-0.2, 0) is 29.6 Å². The first-order valence-electron chi connectivity index (χ1n) is 9.57. The molecule has 0 fully saturated rings. The van der Waals surface area contributed by atoms with Gasteiger partial charge in [0, 0.05) is 24.5 Å². The fraction of sp³-hybridized carbons (Fsp3) is 0.227. The van der Waals surface area contributed by atoms with Gasteiger partial charge in [0.25, 0.3) is 0 Å². The molecule has 0 aliphatic rings. The number of ether oxygens (including phenoxy) is 2. The molecule has 2 aromatic carbocycles. The molecular weight excluding hydrogens is 509 g/mol. The van der Waals surface area contributed by atoms with Gasteiger partial charge in [-0.1, -0.05) is 29.8 Å². The molecular formula is C22H26Cl3N3O4S. The Balaban J connectivity index is 0.00000272. The standard InChI is InChI=1S/C22H24ClN3O4S.2ClH/c1-29-21-12-18(11-20(23)22(21)30-15-17-3-2-9-25-13-17)14-26-10-8-16-4-6-19(7-5-16)31(24,27)28;;/h2-7,9,11-13,26H,8,10,14-15H2,1H3,(H2,24,27,28);2*1H. The van der Waals surface area contributed by atoms with Crippen LogP contribution in [-0.4, -0.2) is 27.1 Å². The molecule has 0 unspecified atom stereocenters. The second kappa shape index (κ2) is 13.6. The molecule has 0 aliphatic carbocycles. The second-order valence-electron chi connectivity index (χ2n) is 6.87. The summed E-state index contributed by atoms with van der Waals surface area (Å²) in [5.41, 5.74) is 2.90. The maximum absolute atomic E-state index is 11.3. The maximum Gasteiger partial charge on any atom is 0.238 e. The summed E-state index contributed by atoms with van der Waals surface area (Å²) in [7, 11) is -2.09. The van der Waals surface area contributed by atoms with Crippen molar-refractivity contribution < 1.29 is 17.9 Å². The van der Waals surface area contributed by atoms with Crippen LogP contribution in [0.5, 0.6) is 11.5 Å². The van der Waals surface area contributed by atoms with Crippen LogP contribution >= 0.6 is 36.4 Å². The van der Waals surface area contributed by atoms with Gasteiger partial charge in [-0.25, -0.2) is 13.6 Å². The Morgan fingerprint density at radius 2 is 1.79 bits per heavy atom. The fourth-order valence-electron chi connectivity index (χ4n) is 2.97. The monoisotopic (exact) mass is 533 g/mol. The quantitative estimate of drug-likeness (QED) is 0.379. The summed E-state index contributed by atoms with van der Waals surface area (Å²) in [4.78, 5) is 4.18. The van der Waals surface area contributed by atoms with Crippen LogP contribution in [0, 0.1) is 0 Å². The molecule has 3 N–H and O–H groups in total. The number of benzene rings is 2. The molecule has 0 atom stereocenters. The first-order valence-corrected chi connectivity index (χ1v) is 11.5. The number of methoxy groups -OCH3 is 1. The van der Waals surface area contributed by atoms with Crippen LogP contribution in [0.3, 0.4) is 0 Å². The van der Waals surface area contributed by atoms with Crippen molar-refractivity contribution >= 4 is 46.4 Å². The highest BCUT2D eigenvalue weighted by atomic mass is 35.5. The van der Waals surface area contributed by atoms with Gasteiger partial charge in [0.1, 0.15) is 6.61 Å². The van der Waals surface area contributed by atoms with E-state index in [4.69, 9.17) is 26.2 Å². The average molecular weight is 535 g/mol. The van der Waals surface area contributed by atoms with Gasteiger partial charge in [-0.3, -0.25) is 4.98 Å². The average Bonchev–Trinajstić information content (AvgIpc) is 2.76. The van der Waals surface area contributed by atoms with Crippen LogP contribution in [0.15, 0.2) is 65.8 Å². The van der Waals surface area contributed by atoms with Gasteiger partial charge < -0.3 is 14.8 Å². The Hall–Kier alpha value is -2.07. The van der Waals surface area contributed by atoms with Gasteiger partial charge in [-0.2, -0.15) is 0 Å². The number of nitrogens with two attached hydrogens (primary N) is 1. The fourth-order valence-corrected chi connectivity index (χ4v) is 3.77. The summed E-state index contributed by atoms with van der Waals surface area (Å²) in [6.07, 6.45) is 4.18. The van der Waals surface area contributed by atoms with Crippen molar-refractivity contribution in [1.29, 1.82) is 0 Å². The molecule has 7 nitrogen and oxygen atoms in total. The SMILES string of the molecule is COc1cc(CNCCc2ccc(S(N)(=O)=O)cc2)cc(Cl)c1OCc1cccnc1.Cl.Cl. The minimum Gasteiger partial charge on any atom is -0.493 e. The number of aromatic nitrogens is 1. The van der Waals surface area contributed by atoms with Gasteiger partial charge in [-0.15, -0.1) is 24.8 Å². The van der Waals surface area contributed by atoms with Crippen LogP contribution in [0.4, 0.5) is 0 Å². The molecule has 180 valence electrons. The molecule has 0 radical (unpaired) electrons. The largest absolute Gasteiger partial charge is 0.493 e. The number of halogens is 3. The van der Waals surface area contributed by atoms with Crippen molar-refractivity contribution in [2.24, 2.45) is 5.14 Å². The van der Waals surface area contributed by atoms with E-state index in [0.717, 1.165) is 23.1 Å². The number of hydrogen-bond acceptors (Lipinski definition) is 6. The van der Waals surface area contributed by atoms with E-state index >= 15 is 0 Å². The Kier molecular flexibility index (Phi) is 11.9. The molecule has 0 saturated carbocycles. The summed E-state index contributed by atoms with van der Waals surface area (Å²) in [6, 6.07) is 14.0. The van der Waals surface area contributed by atoms with E-state index in [1.54, 1.807) is 31.6 Å². The van der Waals surface area contributed by atoms with E-state index in [0.29, 0.717) is 36.2 Å². The number of hydrogen-bond donors (Lipinski definition) is 2. The van der Waals surface area contributed by atoms with Gasteiger partial charge in [0.05, 0.1) is 17.0 Å². The van der Waals surface area contributed by atoms with E-state index in [2.05, 4.69) is 10.3 Å². The lowest BCUT2D eigenvalue weighted by molar-refractivity contribution is 0.284. The van der Waals surface area contributed by atoms with Crippen LogP contribution in [0.1, 0.15) is 16.7 Å². The van der Waals surface area contributed by atoms with Gasteiger partial charge >= 0.3 is 0 Å². The van der Waals surface area contributed by atoms with E-state index in [1.165, 1.54) is 12.1 Å². The molecule has 33 heavy (non-hydrogen) atoms. The number of nitrogens with one attached hydrogen (secondary N) is 1. The summed E-state index contributed by atoms with van der Waals surface area (Å²) < 4.78 is 33.9. The topological polar surface area (TPSA) is 104 Å². The molecule has 0 amide bonds. The highest BCUT2D eigenvalue weighted by Gasteiger charge is 2.12. The molecule has 3 aromatic rings. The van der Waals surface area contributed by atoms with Gasteiger partial charge in [0.2, 0.25) is 10.0 Å². The maximum atomic E-state index is 11.3. The second-order valence-corrected chi connectivity index (χ2v) is 8.84. The summed E-state index contributed by atoms with van der Waals surface area (Å²) in [5, 5.41) is 8.93. The van der Waals surface area contributed by atoms with E-state index < -0.39 is 10.0 Å². The van der Waals surface area contributed by atoms with E-state index in [-0.39, 0.29) is 29.7 Å². The minimum absolute atomic E-state index is 0. The predicted molar refractivity (Wildman–Crippen MR) is 134 cm³/mol. The zero-order valence-electron chi connectivity index (χ0n) is 17.9. The highest BCUT2D eigenvalue weighted by molar-refractivity contribution is 7.89. The number of primary sulfonamides is 1. The predicted octanol–water partition coefficient (Wildman–Crippen LogP) is 4.15. The van der Waals surface area contributed by atoms with Crippen molar-refractivity contribution in [3.05, 3.63) is 82.6 Å². The molecule has 3 rings (SSSR count). The van der Waals surface area contributed by atoms with Crippen molar-refractivity contribution in [3.63, 3.8) is 0 Å². The van der Waals surface area contributed by atoms with Crippen LogP contribution in [0.2, 0.25) is 5.02 Å². The van der Waals surface area contributed by atoms with Crippen molar-refractivity contribution in [2.75, 3.05) is 13.7 Å². The van der Waals surface area contributed by atoms with Crippen molar-refractivity contribution in [1.82, 2.24) is 10.3 Å². The first-order chi connectivity index (χ1) is 14.9. The van der Waals surface area contributed by atoms with Crippen LogP contribution in [0.25, 0.3) is 0 Å². The minimum atomic E-state index is -3.67. The van der Waals surface area contributed by atoms with Crippen LogP contribution < -0.4 is 19.9 Å². The molecule has 0 aliphatic heterocycles. The highest BCUT2D eigenvalue weighted by Crippen LogP contribution is 2.37. The Bertz CT molecular complexity index is 1120. The third kappa shape index (κ3) is 8.66. The summed E-state index contributed by atoms with van der Waals surface area (Å²) in [6.45, 7) is 1.63. The molecule has 0 saturated heterocycles. The smallest absolute Gasteiger partial charge is 0.238 e. The molecule has 0 spiro atoms. The normalized spacial score (nSPS) is 10.6.